The Hall–Kier alpha value is -0.640. The normalized spacial score (nSPS) is 9.86. The molecule has 0 bridgehead atoms. The average molecular weight is 299 g/mol. The summed E-state index contributed by atoms with van der Waals surface area (Å²) in [6.45, 7) is 5.36. The maximum Gasteiger partial charge on any atom is 0.212 e. The van der Waals surface area contributed by atoms with E-state index in [9.17, 15) is 0 Å². The van der Waals surface area contributed by atoms with E-state index >= 15 is 0 Å². The molecule has 0 spiro atoms. The average Bonchev–Trinajstić information content (AvgIpc) is 2.18. The molecular weight excluding hydrogens is 285 g/mol. The molecule has 0 fully saturated rings. The Labute approximate surface area is 102 Å². The minimum absolute atomic E-state index is 0. The molecule has 0 radical (unpaired) electrons. The summed E-state index contributed by atoms with van der Waals surface area (Å²) in [6, 6.07) is 12.8. The first-order chi connectivity index (χ1) is 6.33. The molecule has 0 aliphatic rings. The number of para-hydroxylation sites is 1. The van der Waals surface area contributed by atoms with Gasteiger partial charge in [0.25, 0.3) is 0 Å². The number of hydrogen-bond acceptors (Lipinski definition) is 0. The monoisotopic (exact) mass is 299 g/mol. The van der Waals surface area contributed by atoms with Gasteiger partial charge in [0.1, 0.15) is 6.54 Å². The van der Waals surface area contributed by atoms with Gasteiger partial charge in [-0.2, -0.15) is 4.57 Å². The highest BCUT2D eigenvalue weighted by atomic mass is 127. The van der Waals surface area contributed by atoms with Gasteiger partial charge in [0, 0.05) is 24.4 Å². The number of nitrogens with zero attached hydrogens (tertiary/aromatic N) is 1. The van der Waals surface area contributed by atoms with Crippen LogP contribution in [0, 0.1) is 6.92 Å². The Kier molecular flexibility index (Phi) is 3.86. The van der Waals surface area contributed by atoms with Crippen LogP contribution in [-0.4, -0.2) is 0 Å². The zero-order valence-electron chi connectivity index (χ0n) is 8.50. The first-order valence-electron chi connectivity index (χ1n) is 4.71. The Morgan fingerprint density at radius 1 is 1.07 bits per heavy atom. The fourth-order valence-electron chi connectivity index (χ4n) is 1.78. The maximum atomic E-state index is 2.33. The minimum Gasteiger partial charge on any atom is -1.00 e. The van der Waals surface area contributed by atoms with E-state index in [1.807, 2.05) is 0 Å². The van der Waals surface area contributed by atoms with Crippen LogP contribution in [0.15, 0.2) is 36.4 Å². The number of rotatable bonds is 1. The van der Waals surface area contributed by atoms with E-state index in [1.54, 1.807) is 0 Å². The van der Waals surface area contributed by atoms with Crippen molar-refractivity contribution in [1.29, 1.82) is 0 Å². The number of aryl methyl sites for hydroxylation is 2. The molecule has 0 aliphatic heterocycles. The van der Waals surface area contributed by atoms with E-state index in [4.69, 9.17) is 0 Å². The Morgan fingerprint density at radius 2 is 1.79 bits per heavy atom. The van der Waals surface area contributed by atoms with Gasteiger partial charge < -0.3 is 24.0 Å². The third kappa shape index (κ3) is 1.90. The van der Waals surface area contributed by atoms with Gasteiger partial charge in [-0.3, -0.25) is 0 Å². The highest BCUT2D eigenvalue weighted by Crippen LogP contribution is 2.09. The Bertz CT molecular complexity index is 437. The second-order valence-electron chi connectivity index (χ2n) is 3.28. The molecule has 14 heavy (non-hydrogen) atoms. The topological polar surface area (TPSA) is 3.88 Å². The lowest BCUT2D eigenvalue weighted by atomic mass is 10.2. The fourth-order valence-corrected chi connectivity index (χ4v) is 1.78. The van der Waals surface area contributed by atoms with Crippen molar-refractivity contribution in [2.75, 3.05) is 0 Å². The zero-order valence-corrected chi connectivity index (χ0v) is 10.7. The number of aromatic nitrogens is 1. The molecule has 0 aliphatic carbocycles. The minimum atomic E-state index is 0. The second-order valence-corrected chi connectivity index (χ2v) is 3.28. The van der Waals surface area contributed by atoms with Crippen molar-refractivity contribution in [2.45, 2.75) is 20.4 Å². The zero-order chi connectivity index (χ0) is 9.26. The van der Waals surface area contributed by atoms with Crippen molar-refractivity contribution in [3.63, 3.8) is 0 Å². The summed E-state index contributed by atoms with van der Waals surface area (Å²) in [4.78, 5) is 0. The second kappa shape index (κ2) is 4.73. The molecule has 1 aromatic carbocycles. The van der Waals surface area contributed by atoms with Crippen LogP contribution < -0.4 is 28.5 Å². The summed E-state index contributed by atoms with van der Waals surface area (Å²) in [5, 5.41) is 1.31. The summed E-state index contributed by atoms with van der Waals surface area (Å²) in [6.07, 6.45) is 0. The smallest absolute Gasteiger partial charge is 0.212 e. The van der Waals surface area contributed by atoms with Gasteiger partial charge in [0.15, 0.2) is 5.69 Å². The molecule has 74 valence electrons. The van der Waals surface area contributed by atoms with Crippen molar-refractivity contribution < 1.29 is 28.5 Å². The molecule has 1 aromatic heterocycles. The van der Waals surface area contributed by atoms with Gasteiger partial charge in [0.2, 0.25) is 5.52 Å². The molecule has 0 saturated carbocycles. The van der Waals surface area contributed by atoms with Gasteiger partial charge in [-0.25, -0.2) is 0 Å². The van der Waals surface area contributed by atoms with Gasteiger partial charge in [0.05, 0.1) is 0 Å². The third-order valence-electron chi connectivity index (χ3n) is 2.47. The maximum absolute atomic E-state index is 2.33. The fraction of sp³-hybridized carbons (Fsp3) is 0.250. The lowest BCUT2D eigenvalue weighted by Gasteiger charge is -2.01. The molecule has 2 rings (SSSR count). The molecule has 0 unspecified atom stereocenters. The van der Waals surface area contributed by atoms with Crippen molar-refractivity contribution in [3.8, 4) is 0 Å². The van der Waals surface area contributed by atoms with E-state index in [2.05, 4.69) is 54.8 Å². The molecule has 2 heteroatoms. The summed E-state index contributed by atoms with van der Waals surface area (Å²) in [5.41, 5.74) is 2.64. The summed E-state index contributed by atoms with van der Waals surface area (Å²) < 4.78 is 2.33. The van der Waals surface area contributed by atoms with E-state index < -0.39 is 0 Å². The van der Waals surface area contributed by atoms with Crippen molar-refractivity contribution in [3.05, 3.63) is 42.1 Å². The Morgan fingerprint density at radius 3 is 2.50 bits per heavy atom. The summed E-state index contributed by atoms with van der Waals surface area (Å²) in [5.74, 6) is 0. The van der Waals surface area contributed by atoms with Crippen LogP contribution in [0.3, 0.4) is 0 Å². The first-order valence-corrected chi connectivity index (χ1v) is 4.71. The van der Waals surface area contributed by atoms with E-state index in [1.165, 1.54) is 16.6 Å². The number of pyridine rings is 1. The molecule has 0 amide bonds. The molecule has 0 atom stereocenters. The number of hydrogen-bond donors (Lipinski definition) is 0. The molecule has 0 saturated heterocycles. The Balaban J connectivity index is 0.000000980. The van der Waals surface area contributed by atoms with Gasteiger partial charge in [-0.1, -0.05) is 12.1 Å². The predicted molar refractivity (Wildman–Crippen MR) is 54.6 cm³/mol. The first kappa shape index (κ1) is 11.4. The van der Waals surface area contributed by atoms with Crippen molar-refractivity contribution in [2.24, 2.45) is 0 Å². The SMILES string of the molecule is CC[n+]1c(C)ccc2ccccc21.[I-]. The summed E-state index contributed by atoms with van der Waals surface area (Å²) >= 11 is 0. The van der Waals surface area contributed by atoms with Crippen LogP contribution in [-0.2, 0) is 6.54 Å². The number of benzene rings is 1. The van der Waals surface area contributed by atoms with E-state index in [-0.39, 0.29) is 24.0 Å². The van der Waals surface area contributed by atoms with Crippen LogP contribution in [0.1, 0.15) is 12.6 Å². The molecule has 1 nitrogen and oxygen atoms in total. The molecule has 2 aromatic rings. The highest BCUT2D eigenvalue weighted by molar-refractivity contribution is 5.75. The van der Waals surface area contributed by atoms with Crippen LogP contribution in [0.5, 0.6) is 0 Å². The lowest BCUT2D eigenvalue weighted by Crippen LogP contribution is -3.00. The molecule has 0 N–H and O–H groups in total. The van der Waals surface area contributed by atoms with Crippen molar-refractivity contribution in [1.82, 2.24) is 0 Å². The van der Waals surface area contributed by atoms with Crippen LogP contribution in [0.4, 0.5) is 0 Å². The van der Waals surface area contributed by atoms with Gasteiger partial charge >= 0.3 is 0 Å². The molecule has 1 heterocycles. The third-order valence-corrected chi connectivity index (χ3v) is 2.47. The summed E-state index contributed by atoms with van der Waals surface area (Å²) in [7, 11) is 0. The van der Waals surface area contributed by atoms with Crippen LogP contribution in [0.25, 0.3) is 10.9 Å². The molecular formula is C12H14IN. The number of fused-ring (bicyclic) bond motifs is 1. The number of halogens is 1. The standard InChI is InChI=1S/C12H14N.HI/c1-3-13-10(2)8-9-11-6-4-5-7-12(11)13;/h4-9H,3H2,1-2H3;1H/q+1;/p-1. The van der Waals surface area contributed by atoms with Gasteiger partial charge in [-0.15, -0.1) is 0 Å². The van der Waals surface area contributed by atoms with Crippen LogP contribution in [0.2, 0.25) is 0 Å². The van der Waals surface area contributed by atoms with E-state index in [0.29, 0.717) is 0 Å². The van der Waals surface area contributed by atoms with Gasteiger partial charge in [-0.05, 0) is 19.1 Å². The van der Waals surface area contributed by atoms with Crippen LogP contribution >= 0.6 is 0 Å². The predicted octanol–water partition coefficient (Wildman–Crippen LogP) is -0.540. The quantitative estimate of drug-likeness (QED) is 0.492. The largest absolute Gasteiger partial charge is 1.00 e. The lowest BCUT2D eigenvalue weighted by molar-refractivity contribution is -0.673. The van der Waals surface area contributed by atoms with Crippen molar-refractivity contribution >= 4 is 10.9 Å². The van der Waals surface area contributed by atoms with E-state index in [0.717, 1.165) is 6.54 Å². The highest BCUT2D eigenvalue weighted by Gasteiger charge is 2.08.